The highest BCUT2D eigenvalue weighted by molar-refractivity contribution is 7.89. The van der Waals surface area contributed by atoms with E-state index < -0.39 is 10.0 Å². The largest absolute Gasteiger partial charge is 0.494 e. The average molecular weight is 395 g/mol. The molecule has 1 atom stereocenters. The highest BCUT2D eigenvalue weighted by atomic mass is 32.2. The van der Waals surface area contributed by atoms with Crippen LogP contribution in [0.25, 0.3) is 0 Å². The molecule has 0 bridgehead atoms. The monoisotopic (exact) mass is 394 g/mol. The third-order valence-electron chi connectivity index (χ3n) is 5.48. The highest BCUT2D eigenvalue weighted by Gasteiger charge is 2.34. The van der Waals surface area contributed by atoms with Gasteiger partial charge in [-0.25, -0.2) is 8.42 Å². The zero-order valence-electron chi connectivity index (χ0n) is 16.0. The topological polar surface area (TPSA) is 75.7 Å². The Hall–Kier alpha value is -1.60. The van der Waals surface area contributed by atoms with E-state index in [1.54, 1.807) is 24.3 Å². The molecule has 1 amide bonds. The van der Waals surface area contributed by atoms with Gasteiger partial charge in [0.1, 0.15) is 5.75 Å². The smallest absolute Gasteiger partial charge is 0.243 e. The molecule has 0 aromatic heterocycles. The Balaban J connectivity index is 1.64. The molecule has 1 aromatic carbocycles. The van der Waals surface area contributed by atoms with E-state index in [0.29, 0.717) is 25.3 Å². The fourth-order valence-electron chi connectivity index (χ4n) is 3.96. The second-order valence-electron chi connectivity index (χ2n) is 7.45. The molecular weight excluding hydrogens is 364 g/mol. The maximum atomic E-state index is 13.0. The molecule has 0 unspecified atom stereocenters. The van der Waals surface area contributed by atoms with Crippen molar-refractivity contribution in [3.05, 3.63) is 24.3 Å². The van der Waals surface area contributed by atoms with Gasteiger partial charge in [0, 0.05) is 19.1 Å². The fourth-order valence-corrected chi connectivity index (χ4v) is 5.49. The molecule has 3 rings (SSSR count). The van der Waals surface area contributed by atoms with Crippen LogP contribution in [-0.4, -0.2) is 44.4 Å². The van der Waals surface area contributed by atoms with Crippen LogP contribution in [0.2, 0.25) is 0 Å². The van der Waals surface area contributed by atoms with Crippen LogP contribution in [-0.2, 0) is 14.8 Å². The summed E-state index contributed by atoms with van der Waals surface area (Å²) in [6.45, 7) is 3.14. The normalized spacial score (nSPS) is 22.3. The summed E-state index contributed by atoms with van der Waals surface area (Å²) in [5.74, 6) is 0.395. The van der Waals surface area contributed by atoms with E-state index >= 15 is 0 Å². The van der Waals surface area contributed by atoms with Crippen molar-refractivity contribution < 1.29 is 17.9 Å². The Labute approximate surface area is 162 Å². The molecule has 0 spiro atoms. The van der Waals surface area contributed by atoms with Crippen molar-refractivity contribution in [2.45, 2.75) is 62.8 Å². The molecule has 27 heavy (non-hydrogen) atoms. The maximum Gasteiger partial charge on any atom is 0.243 e. The van der Waals surface area contributed by atoms with Gasteiger partial charge in [-0.3, -0.25) is 4.79 Å². The first-order valence-electron chi connectivity index (χ1n) is 10.0. The first-order chi connectivity index (χ1) is 13.0. The molecular formula is C20H30N2O4S. The van der Waals surface area contributed by atoms with Crippen molar-refractivity contribution in [2.24, 2.45) is 5.92 Å². The van der Waals surface area contributed by atoms with Crippen LogP contribution in [0.1, 0.15) is 51.9 Å². The lowest BCUT2D eigenvalue weighted by atomic mass is 9.93. The molecule has 1 aliphatic carbocycles. The number of nitrogens with zero attached hydrogens (tertiary/aromatic N) is 1. The molecule has 1 saturated heterocycles. The van der Waals surface area contributed by atoms with E-state index in [0.717, 1.165) is 32.1 Å². The van der Waals surface area contributed by atoms with Crippen LogP contribution < -0.4 is 10.1 Å². The van der Waals surface area contributed by atoms with Gasteiger partial charge in [0.2, 0.25) is 15.9 Å². The average Bonchev–Trinajstić information content (AvgIpc) is 2.69. The van der Waals surface area contributed by atoms with Crippen LogP contribution in [0.15, 0.2) is 29.2 Å². The van der Waals surface area contributed by atoms with Crippen LogP contribution >= 0.6 is 0 Å². The summed E-state index contributed by atoms with van der Waals surface area (Å²) >= 11 is 0. The first kappa shape index (κ1) is 20.1. The van der Waals surface area contributed by atoms with Gasteiger partial charge in [0.05, 0.1) is 17.4 Å². The molecule has 0 radical (unpaired) electrons. The number of piperidine rings is 1. The minimum Gasteiger partial charge on any atom is -0.494 e. The summed E-state index contributed by atoms with van der Waals surface area (Å²) in [4.78, 5) is 12.9. The van der Waals surface area contributed by atoms with E-state index in [1.165, 1.54) is 10.7 Å². The molecule has 7 heteroatoms. The van der Waals surface area contributed by atoms with Gasteiger partial charge in [-0.05, 0) is 56.9 Å². The summed E-state index contributed by atoms with van der Waals surface area (Å²) in [6, 6.07) is 6.75. The number of hydrogen-bond acceptors (Lipinski definition) is 4. The molecule has 6 nitrogen and oxygen atoms in total. The lowest BCUT2D eigenvalue weighted by Crippen LogP contribution is -2.47. The molecule has 150 valence electrons. The molecule has 2 fully saturated rings. The van der Waals surface area contributed by atoms with Crippen molar-refractivity contribution in [3.63, 3.8) is 0 Å². The highest BCUT2D eigenvalue weighted by Crippen LogP contribution is 2.26. The lowest BCUT2D eigenvalue weighted by molar-refractivity contribution is -0.127. The van der Waals surface area contributed by atoms with Gasteiger partial charge >= 0.3 is 0 Å². The zero-order valence-corrected chi connectivity index (χ0v) is 16.8. The molecule has 1 heterocycles. The predicted molar refractivity (Wildman–Crippen MR) is 104 cm³/mol. The first-order valence-corrected chi connectivity index (χ1v) is 11.5. The second kappa shape index (κ2) is 9.06. The fraction of sp³-hybridized carbons (Fsp3) is 0.650. The van der Waals surface area contributed by atoms with E-state index in [2.05, 4.69) is 5.32 Å². The van der Waals surface area contributed by atoms with Gasteiger partial charge in [-0.1, -0.05) is 19.3 Å². The van der Waals surface area contributed by atoms with Crippen molar-refractivity contribution in [1.29, 1.82) is 0 Å². The Kier molecular flexibility index (Phi) is 6.76. The molecule has 1 saturated carbocycles. The van der Waals surface area contributed by atoms with Crippen LogP contribution in [0.4, 0.5) is 0 Å². The third-order valence-corrected chi connectivity index (χ3v) is 7.36. The number of sulfonamides is 1. The Morgan fingerprint density at radius 3 is 2.48 bits per heavy atom. The van der Waals surface area contributed by atoms with Crippen LogP contribution in [0.5, 0.6) is 5.75 Å². The van der Waals surface area contributed by atoms with Gasteiger partial charge in [-0.15, -0.1) is 0 Å². The van der Waals surface area contributed by atoms with E-state index in [1.807, 2.05) is 6.92 Å². The zero-order chi connectivity index (χ0) is 19.3. The maximum absolute atomic E-state index is 13.0. The number of ether oxygens (including phenoxy) is 1. The second-order valence-corrected chi connectivity index (χ2v) is 9.39. The molecule has 1 aliphatic heterocycles. The summed E-state index contributed by atoms with van der Waals surface area (Å²) in [7, 11) is -3.60. The SMILES string of the molecule is CCOc1ccc(S(=O)(=O)N2CCC[C@H](C(=O)NC3CCCCC3)C2)cc1. The summed E-state index contributed by atoms with van der Waals surface area (Å²) in [6.07, 6.45) is 7.08. The minimum atomic E-state index is -3.60. The number of nitrogens with one attached hydrogen (secondary N) is 1. The molecule has 1 aromatic rings. The Morgan fingerprint density at radius 1 is 1.11 bits per heavy atom. The number of benzene rings is 1. The van der Waals surface area contributed by atoms with Gasteiger partial charge < -0.3 is 10.1 Å². The quantitative estimate of drug-likeness (QED) is 0.805. The number of carbonyl (C=O) groups excluding carboxylic acids is 1. The number of rotatable bonds is 6. The summed E-state index contributed by atoms with van der Waals surface area (Å²) < 4.78 is 32.8. The minimum absolute atomic E-state index is 0.00786. The van der Waals surface area contributed by atoms with E-state index in [4.69, 9.17) is 4.74 Å². The van der Waals surface area contributed by atoms with Crippen molar-refractivity contribution >= 4 is 15.9 Å². The van der Waals surface area contributed by atoms with Gasteiger partial charge in [0.25, 0.3) is 0 Å². The standard InChI is InChI=1S/C20H30N2O4S/c1-2-26-18-10-12-19(13-11-18)27(24,25)22-14-6-7-16(15-22)20(23)21-17-8-4-3-5-9-17/h10-13,16-17H,2-9,14-15H2,1H3,(H,21,23)/t16-/m0/s1. The molecule has 2 aliphatic rings. The Bertz CT molecular complexity index is 727. The lowest BCUT2D eigenvalue weighted by Gasteiger charge is -2.32. The summed E-state index contributed by atoms with van der Waals surface area (Å²) in [5.41, 5.74) is 0. The van der Waals surface area contributed by atoms with Crippen molar-refractivity contribution in [3.8, 4) is 5.75 Å². The van der Waals surface area contributed by atoms with Gasteiger partial charge in [-0.2, -0.15) is 4.31 Å². The molecule has 1 N–H and O–H groups in total. The van der Waals surface area contributed by atoms with Crippen LogP contribution in [0.3, 0.4) is 0 Å². The summed E-state index contributed by atoms with van der Waals surface area (Å²) in [5, 5.41) is 3.14. The number of amides is 1. The van der Waals surface area contributed by atoms with Crippen LogP contribution in [0, 0.1) is 5.92 Å². The Morgan fingerprint density at radius 2 is 1.81 bits per heavy atom. The number of hydrogen-bond donors (Lipinski definition) is 1. The van der Waals surface area contributed by atoms with Gasteiger partial charge in [0.15, 0.2) is 0 Å². The van der Waals surface area contributed by atoms with E-state index in [9.17, 15) is 13.2 Å². The van der Waals surface area contributed by atoms with Crippen molar-refractivity contribution in [1.82, 2.24) is 9.62 Å². The number of carbonyl (C=O) groups is 1. The third kappa shape index (κ3) is 5.02. The van der Waals surface area contributed by atoms with Crippen molar-refractivity contribution in [2.75, 3.05) is 19.7 Å². The van der Waals surface area contributed by atoms with E-state index in [-0.39, 0.29) is 29.3 Å². The predicted octanol–water partition coefficient (Wildman–Crippen LogP) is 2.93.